The molecule has 1 heterocycles. The number of anilines is 1. The number of likely N-dealkylation sites (tertiary alicyclic amines) is 1. The Balaban J connectivity index is 1.60. The van der Waals surface area contributed by atoms with E-state index in [1.165, 1.54) is 0 Å². The second-order valence-corrected chi connectivity index (χ2v) is 7.19. The molecule has 0 unspecified atom stereocenters. The minimum atomic E-state index is -0.0455. The van der Waals surface area contributed by atoms with Gasteiger partial charge in [0.2, 0.25) is 5.91 Å². The van der Waals surface area contributed by atoms with Crippen LogP contribution in [-0.4, -0.2) is 29.8 Å². The van der Waals surface area contributed by atoms with Crippen molar-refractivity contribution in [3.63, 3.8) is 0 Å². The van der Waals surface area contributed by atoms with Gasteiger partial charge < -0.3 is 10.2 Å². The molecule has 0 saturated carbocycles. The molecule has 0 atom stereocenters. The molecule has 1 saturated heterocycles. The number of hydrogen-bond donors (Lipinski definition) is 1. The Hall–Kier alpha value is -2.62. The van der Waals surface area contributed by atoms with E-state index >= 15 is 0 Å². The average molecular weight is 350 g/mol. The smallest absolute Gasteiger partial charge is 0.254 e. The number of hydrogen-bond acceptors (Lipinski definition) is 2. The number of rotatable bonds is 3. The molecule has 1 aliphatic rings. The third-order valence-electron chi connectivity index (χ3n) is 5.18. The molecule has 0 bridgehead atoms. The number of nitrogens with one attached hydrogen (secondary N) is 1. The third-order valence-corrected chi connectivity index (χ3v) is 5.18. The van der Waals surface area contributed by atoms with Crippen molar-refractivity contribution in [2.24, 2.45) is 5.92 Å². The average Bonchev–Trinajstić information content (AvgIpc) is 2.64. The van der Waals surface area contributed by atoms with E-state index in [9.17, 15) is 9.59 Å². The minimum Gasteiger partial charge on any atom is -0.339 e. The van der Waals surface area contributed by atoms with Crippen LogP contribution < -0.4 is 5.32 Å². The molecular weight excluding hydrogens is 324 g/mol. The number of amides is 2. The van der Waals surface area contributed by atoms with Gasteiger partial charge in [-0.25, -0.2) is 0 Å². The summed E-state index contributed by atoms with van der Waals surface area (Å²) in [6, 6.07) is 13.7. The highest BCUT2D eigenvalue weighted by molar-refractivity contribution is 5.96. The van der Waals surface area contributed by atoms with Gasteiger partial charge in [-0.15, -0.1) is 0 Å². The number of carbonyl (C=O) groups is 2. The normalized spacial score (nSPS) is 15.0. The highest BCUT2D eigenvalue weighted by Gasteiger charge is 2.28. The Morgan fingerprint density at radius 2 is 1.65 bits per heavy atom. The van der Waals surface area contributed by atoms with Crippen molar-refractivity contribution in [1.29, 1.82) is 0 Å². The summed E-state index contributed by atoms with van der Waals surface area (Å²) in [6.45, 7) is 7.22. The van der Waals surface area contributed by atoms with E-state index in [4.69, 9.17) is 0 Å². The van der Waals surface area contributed by atoms with Crippen molar-refractivity contribution in [1.82, 2.24) is 4.90 Å². The van der Waals surface area contributed by atoms with Crippen LogP contribution in [-0.2, 0) is 4.79 Å². The van der Waals surface area contributed by atoms with Crippen molar-refractivity contribution < 1.29 is 9.59 Å². The van der Waals surface area contributed by atoms with E-state index in [-0.39, 0.29) is 17.7 Å². The summed E-state index contributed by atoms with van der Waals surface area (Å²) in [6.07, 6.45) is 1.41. The predicted octanol–water partition coefficient (Wildman–Crippen LogP) is 4.10. The third kappa shape index (κ3) is 3.96. The van der Waals surface area contributed by atoms with E-state index in [1.807, 2.05) is 68.1 Å². The molecule has 1 fully saturated rings. The number of aryl methyl sites for hydroxylation is 3. The van der Waals surface area contributed by atoms with Crippen LogP contribution in [0.3, 0.4) is 0 Å². The highest BCUT2D eigenvalue weighted by atomic mass is 16.2. The molecule has 2 aromatic carbocycles. The Morgan fingerprint density at radius 1 is 0.962 bits per heavy atom. The first-order chi connectivity index (χ1) is 12.5. The Bertz CT molecular complexity index is 821. The van der Waals surface area contributed by atoms with Gasteiger partial charge in [-0.2, -0.15) is 0 Å². The maximum atomic E-state index is 12.7. The molecule has 136 valence electrons. The lowest BCUT2D eigenvalue weighted by molar-refractivity contribution is -0.121. The van der Waals surface area contributed by atoms with Gasteiger partial charge in [0, 0.05) is 30.3 Å². The fraction of sp³-hybridized carbons (Fsp3) is 0.364. The zero-order valence-electron chi connectivity index (χ0n) is 15.7. The van der Waals surface area contributed by atoms with Crippen LogP contribution in [0.5, 0.6) is 0 Å². The van der Waals surface area contributed by atoms with Gasteiger partial charge in [0.25, 0.3) is 5.91 Å². The molecule has 2 aromatic rings. The highest BCUT2D eigenvalue weighted by Crippen LogP contribution is 2.23. The van der Waals surface area contributed by atoms with Crippen molar-refractivity contribution in [3.8, 4) is 0 Å². The van der Waals surface area contributed by atoms with Gasteiger partial charge in [0.15, 0.2) is 0 Å². The molecule has 0 radical (unpaired) electrons. The minimum absolute atomic E-state index is 0.0455. The zero-order valence-corrected chi connectivity index (χ0v) is 15.7. The number of benzene rings is 2. The van der Waals surface area contributed by atoms with Crippen LogP contribution in [0.15, 0.2) is 42.5 Å². The molecular formula is C22H26N2O2. The van der Waals surface area contributed by atoms with E-state index in [0.717, 1.165) is 27.9 Å². The standard InChI is InChI=1S/C22H26N2O2/c1-15-8-9-17(3)20(14-15)23-21(25)18-10-12-24(13-11-18)22(26)19-7-5-4-6-16(19)2/h4-9,14,18H,10-13H2,1-3H3,(H,23,25). The van der Waals surface area contributed by atoms with E-state index in [1.54, 1.807) is 0 Å². The topological polar surface area (TPSA) is 49.4 Å². The predicted molar refractivity (Wildman–Crippen MR) is 104 cm³/mol. The molecule has 3 rings (SSSR count). The summed E-state index contributed by atoms with van der Waals surface area (Å²) in [5.41, 5.74) is 4.83. The van der Waals surface area contributed by atoms with Gasteiger partial charge in [0.05, 0.1) is 0 Å². The van der Waals surface area contributed by atoms with Crippen LogP contribution in [0, 0.1) is 26.7 Å². The SMILES string of the molecule is Cc1ccc(C)c(NC(=O)C2CCN(C(=O)c3ccccc3C)CC2)c1. The largest absolute Gasteiger partial charge is 0.339 e. The second kappa shape index (κ2) is 7.73. The van der Waals surface area contributed by atoms with Gasteiger partial charge >= 0.3 is 0 Å². The molecule has 0 spiro atoms. The lowest BCUT2D eigenvalue weighted by Gasteiger charge is -2.31. The molecule has 4 nitrogen and oxygen atoms in total. The first-order valence-electron chi connectivity index (χ1n) is 9.18. The van der Waals surface area contributed by atoms with Gasteiger partial charge in [-0.1, -0.05) is 30.3 Å². The molecule has 1 aliphatic heterocycles. The Kier molecular flexibility index (Phi) is 5.40. The van der Waals surface area contributed by atoms with Crippen molar-refractivity contribution in [2.45, 2.75) is 33.6 Å². The number of nitrogens with zero attached hydrogens (tertiary/aromatic N) is 1. The lowest BCUT2D eigenvalue weighted by atomic mass is 9.94. The molecule has 0 aromatic heterocycles. The fourth-order valence-electron chi connectivity index (χ4n) is 3.43. The van der Waals surface area contributed by atoms with Crippen LogP contribution in [0.2, 0.25) is 0 Å². The van der Waals surface area contributed by atoms with Crippen molar-refractivity contribution >= 4 is 17.5 Å². The van der Waals surface area contributed by atoms with Crippen LogP contribution in [0.4, 0.5) is 5.69 Å². The fourth-order valence-corrected chi connectivity index (χ4v) is 3.43. The quantitative estimate of drug-likeness (QED) is 0.906. The molecule has 26 heavy (non-hydrogen) atoms. The van der Waals surface area contributed by atoms with Crippen LogP contribution in [0.1, 0.15) is 39.9 Å². The monoisotopic (exact) mass is 350 g/mol. The molecule has 0 aliphatic carbocycles. The first kappa shape index (κ1) is 18.2. The van der Waals surface area contributed by atoms with Crippen molar-refractivity contribution in [2.75, 3.05) is 18.4 Å². The summed E-state index contributed by atoms with van der Waals surface area (Å²) in [5.74, 6) is 0.0778. The molecule has 4 heteroatoms. The van der Waals surface area contributed by atoms with E-state index in [2.05, 4.69) is 5.32 Å². The summed E-state index contributed by atoms with van der Waals surface area (Å²) in [5, 5.41) is 3.06. The Labute approximate surface area is 155 Å². The van der Waals surface area contributed by atoms with Gasteiger partial charge in [0.1, 0.15) is 0 Å². The Morgan fingerprint density at radius 3 is 2.35 bits per heavy atom. The van der Waals surface area contributed by atoms with E-state index in [0.29, 0.717) is 25.9 Å². The molecule has 1 N–H and O–H groups in total. The second-order valence-electron chi connectivity index (χ2n) is 7.19. The van der Waals surface area contributed by atoms with Gasteiger partial charge in [-0.05, 0) is 62.4 Å². The van der Waals surface area contributed by atoms with Crippen molar-refractivity contribution in [3.05, 3.63) is 64.7 Å². The summed E-state index contributed by atoms with van der Waals surface area (Å²) < 4.78 is 0. The zero-order chi connectivity index (χ0) is 18.7. The maximum Gasteiger partial charge on any atom is 0.254 e. The number of piperidine rings is 1. The van der Waals surface area contributed by atoms with Gasteiger partial charge in [-0.3, -0.25) is 9.59 Å². The summed E-state index contributed by atoms with van der Waals surface area (Å²) in [4.78, 5) is 27.2. The summed E-state index contributed by atoms with van der Waals surface area (Å²) in [7, 11) is 0. The lowest BCUT2D eigenvalue weighted by Crippen LogP contribution is -2.41. The van der Waals surface area contributed by atoms with Crippen LogP contribution in [0.25, 0.3) is 0 Å². The van der Waals surface area contributed by atoms with E-state index < -0.39 is 0 Å². The number of carbonyl (C=O) groups excluding carboxylic acids is 2. The molecule has 2 amide bonds. The first-order valence-corrected chi connectivity index (χ1v) is 9.18. The van der Waals surface area contributed by atoms with Crippen LogP contribution >= 0.6 is 0 Å². The maximum absolute atomic E-state index is 12.7. The summed E-state index contributed by atoms with van der Waals surface area (Å²) >= 11 is 0.